The quantitative estimate of drug-likeness (QED) is 0.187. The third-order valence-corrected chi connectivity index (χ3v) is 11.7. The molecule has 3 nitrogen and oxygen atoms in total. The van der Waals surface area contributed by atoms with E-state index in [2.05, 4.69) is 174 Å². The molecule has 10 aromatic rings. The first-order chi connectivity index (χ1) is 26.3. The molecule has 0 fully saturated rings. The smallest absolute Gasteiger partial charge is 0.235 e. The van der Waals surface area contributed by atoms with Crippen LogP contribution in [0.2, 0.25) is 0 Å². The first kappa shape index (κ1) is 28.8. The van der Waals surface area contributed by atoms with Crippen molar-refractivity contribution in [3.8, 4) is 50.6 Å². The second-order valence-electron chi connectivity index (χ2n) is 14.5. The Bertz CT molecular complexity index is 3140. The number of aromatic nitrogens is 3. The van der Waals surface area contributed by atoms with Crippen molar-refractivity contribution in [2.45, 2.75) is 12.3 Å². The summed E-state index contributed by atoms with van der Waals surface area (Å²) in [6.07, 6.45) is 0.989. The van der Waals surface area contributed by atoms with E-state index in [-0.39, 0.29) is 5.92 Å². The number of hydrogen-bond acceptors (Lipinski definition) is 2. The Labute approximate surface area is 306 Å². The second kappa shape index (κ2) is 10.8. The van der Waals surface area contributed by atoms with Crippen LogP contribution >= 0.6 is 0 Å². The minimum absolute atomic E-state index is 0.279. The maximum Gasteiger partial charge on any atom is 0.235 e. The van der Waals surface area contributed by atoms with E-state index in [1.807, 2.05) is 0 Å². The number of rotatable bonds is 3. The molecule has 0 amide bonds. The van der Waals surface area contributed by atoms with Crippen molar-refractivity contribution in [2.24, 2.45) is 0 Å². The summed E-state index contributed by atoms with van der Waals surface area (Å²) in [6, 6.07) is 61.7. The highest BCUT2D eigenvalue weighted by Gasteiger charge is 2.38. The molecule has 1 unspecified atom stereocenters. The average molecular weight is 674 g/mol. The summed E-state index contributed by atoms with van der Waals surface area (Å²) in [7, 11) is 0. The van der Waals surface area contributed by atoms with Crippen molar-refractivity contribution >= 4 is 43.5 Å². The van der Waals surface area contributed by atoms with Gasteiger partial charge in [0.25, 0.3) is 0 Å². The molecule has 1 atom stereocenters. The van der Waals surface area contributed by atoms with Gasteiger partial charge in [-0.2, -0.15) is 0 Å². The van der Waals surface area contributed by atoms with Gasteiger partial charge in [0.05, 0.1) is 22.2 Å². The first-order valence-corrected chi connectivity index (χ1v) is 18.4. The van der Waals surface area contributed by atoms with Crippen LogP contribution in [-0.2, 0) is 6.42 Å². The Morgan fingerprint density at radius 3 is 2.04 bits per heavy atom. The topological polar surface area (TPSA) is 30.7 Å². The lowest BCUT2D eigenvalue weighted by molar-refractivity contribution is 0.817. The Morgan fingerprint density at radius 1 is 0.491 bits per heavy atom. The van der Waals surface area contributed by atoms with Crippen LogP contribution < -0.4 is 0 Å². The van der Waals surface area contributed by atoms with Gasteiger partial charge in [0.2, 0.25) is 5.95 Å². The fourth-order valence-corrected chi connectivity index (χ4v) is 9.35. The minimum Gasteiger partial charge on any atom is -0.277 e. The molecular formula is C50H31N3. The number of para-hydroxylation sites is 2. The molecule has 2 heterocycles. The molecule has 0 bridgehead atoms. The fourth-order valence-electron chi connectivity index (χ4n) is 9.35. The highest BCUT2D eigenvalue weighted by atomic mass is 15.2. The van der Waals surface area contributed by atoms with Gasteiger partial charge in [0, 0.05) is 33.2 Å². The minimum atomic E-state index is 0.279. The predicted molar refractivity (Wildman–Crippen MR) is 219 cm³/mol. The monoisotopic (exact) mass is 673 g/mol. The summed E-state index contributed by atoms with van der Waals surface area (Å²) < 4.78 is 2.35. The predicted octanol–water partition coefficient (Wildman–Crippen LogP) is 12.5. The molecule has 2 aliphatic carbocycles. The number of hydrogen-bond donors (Lipinski definition) is 0. The van der Waals surface area contributed by atoms with Gasteiger partial charge in [-0.3, -0.25) is 4.57 Å². The Balaban J connectivity index is 1.17. The summed E-state index contributed by atoms with van der Waals surface area (Å²) in [5, 5.41) is 6.07. The highest BCUT2D eigenvalue weighted by molar-refractivity contribution is 6.18. The van der Waals surface area contributed by atoms with E-state index in [0.29, 0.717) is 5.95 Å². The lowest BCUT2D eigenvalue weighted by atomic mass is 9.77. The third kappa shape index (κ3) is 4.10. The second-order valence-corrected chi connectivity index (χ2v) is 14.5. The Hall–Kier alpha value is -6.84. The molecule has 2 aliphatic rings. The molecule has 0 saturated heterocycles. The van der Waals surface area contributed by atoms with Crippen molar-refractivity contribution in [3.05, 3.63) is 187 Å². The highest BCUT2D eigenvalue weighted by Crippen LogP contribution is 2.57. The van der Waals surface area contributed by atoms with Crippen LogP contribution in [0.4, 0.5) is 0 Å². The van der Waals surface area contributed by atoms with E-state index in [9.17, 15) is 0 Å². The van der Waals surface area contributed by atoms with Crippen LogP contribution in [0.3, 0.4) is 0 Å². The van der Waals surface area contributed by atoms with Gasteiger partial charge in [-0.25, -0.2) is 9.97 Å². The first-order valence-electron chi connectivity index (χ1n) is 18.4. The maximum atomic E-state index is 5.51. The number of fused-ring (bicyclic) bond motifs is 11. The van der Waals surface area contributed by atoms with E-state index >= 15 is 0 Å². The van der Waals surface area contributed by atoms with Gasteiger partial charge >= 0.3 is 0 Å². The lowest BCUT2D eigenvalue weighted by Crippen LogP contribution is -2.12. The SMILES string of the molecule is c1ccc(-c2ccc(-c3nc(-n4c5ccccc5c5cc6c7c(c54)-c4ccccc4CC7c4cc5ccccc5cc4-6)nc4ccccc34)cc2)cc1. The van der Waals surface area contributed by atoms with Crippen LogP contribution in [-0.4, -0.2) is 14.5 Å². The van der Waals surface area contributed by atoms with Gasteiger partial charge in [0.1, 0.15) is 0 Å². The molecule has 3 heteroatoms. The summed E-state index contributed by atoms with van der Waals surface area (Å²) in [4.78, 5) is 10.9. The van der Waals surface area contributed by atoms with E-state index in [4.69, 9.17) is 9.97 Å². The van der Waals surface area contributed by atoms with Gasteiger partial charge in [-0.1, -0.05) is 140 Å². The largest absolute Gasteiger partial charge is 0.277 e. The zero-order valence-electron chi connectivity index (χ0n) is 28.8. The van der Waals surface area contributed by atoms with Crippen molar-refractivity contribution in [1.29, 1.82) is 0 Å². The van der Waals surface area contributed by atoms with E-state index in [1.54, 1.807) is 0 Å². The van der Waals surface area contributed by atoms with Crippen LogP contribution in [0.15, 0.2) is 170 Å². The Morgan fingerprint density at radius 2 is 1.17 bits per heavy atom. The molecular weight excluding hydrogens is 643 g/mol. The summed E-state index contributed by atoms with van der Waals surface area (Å²) in [5.41, 5.74) is 17.2. The summed E-state index contributed by atoms with van der Waals surface area (Å²) >= 11 is 0. The molecule has 0 N–H and O–H groups in total. The molecule has 0 aliphatic heterocycles. The zero-order chi connectivity index (χ0) is 34.6. The van der Waals surface area contributed by atoms with Gasteiger partial charge in [0.15, 0.2) is 0 Å². The van der Waals surface area contributed by atoms with E-state index in [0.717, 1.165) is 34.1 Å². The van der Waals surface area contributed by atoms with Gasteiger partial charge in [-0.15, -0.1) is 0 Å². The normalized spacial score (nSPS) is 14.2. The summed E-state index contributed by atoms with van der Waals surface area (Å²) in [5.74, 6) is 0.968. The Kier molecular flexibility index (Phi) is 5.89. The van der Waals surface area contributed by atoms with Crippen LogP contribution in [0.1, 0.15) is 22.6 Å². The number of benzene rings is 8. The molecule has 246 valence electrons. The summed E-state index contributed by atoms with van der Waals surface area (Å²) in [6.45, 7) is 0. The number of nitrogens with zero attached hydrogens (tertiary/aromatic N) is 3. The standard InChI is InChI=1S/C50H31N3/c1-2-12-30(13-3-1)31-22-24-32(25-23-31)48-38-19-8-10-20-44(38)51-50(52-48)53-45-21-11-9-18-37(45)43-29-42-40-27-34-15-5-4-14-33(34)26-39(40)41-28-35-16-6-7-17-36(35)47(46(41)42)49(43)53/h1-27,29,41H,28H2. The van der Waals surface area contributed by atoms with Crippen LogP contribution in [0.25, 0.3) is 94.1 Å². The van der Waals surface area contributed by atoms with Crippen molar-refractivity contribution in [1.82, 2.24) is 14.5 Å². The maximum absolute atomic E-state index is 5.51. The van der Waals surface area contributed by atoms with Crippen molar-refractivity contribution < 1.29 is 0 Å². The fraction of sp³-hybridized carbons (Fsp3) is 0.0400. The molecule has 0 saturated carbocycles. The van der Waals surface area contributed by atoms with E-state index in [1.165, 1.54) is 77.1 Å². The van der Waals surface area contributed by atoms with Gasteiger partial charge < -0.3 is 0 Å². The molecule has 53 heavy (non-hydrogen) atoms. The van der Waals surface area contributed by atoms with Crippen LogP contribution in [0.5, 0.6) is 0 Å². The average Bonchev–Trinajstić information content (AvgIpc) is 3.72. The molecule has 12 rings (SSSR count). The van der Waals surface area contributed by atoms with Gasteiger partial charge in [-0.05, 0) is 92.0 Å². The lowest BCUT2D eigenvalue weighted by Gasteiger charge is -2.27. The third-order valence-electron chi connectivity index (χ3n) is 11.7. The van der Waals surface area contributed by atoms with Crippen molar-refractivity contribution in [3.63, 3.8) is 0 Å². The van der Waals surface area contributed by atoms with Crippen LogP contribution in [0, 0.1) is 0 Å². The van der Waals surface area contributed by atoms with E-state index < -0.39 is 0 Å². The molecule has 0 spiro atoms. The molecule has 8 aromatic carbocycles. The van der Waals surface area contributed by atoms with Crippen molar-refractivity contribution in [2.75, 3.05) is 0 Å². The molecule has 2 aromatic heterocycles. The molecule has 0 radical (unpaired) electrons. The zero-order valence-corrected chi connectivity index (χ0v) is 28.8.